The molecular weight excluding hydrogens is 405 g/mol. The molecule has 0 saturated heterocycles. The van der Waals surface area contributed by atoms with Gasteiger partial charge in [-0.05, 0) is 45.0 Å². The Morgan fingerprint density at radius 3 is 2.33 bits per heavy atom. The smallest absolute Gasteiger partial charge is 0.434 e. The molecule has 0 aliphatic carbocycles. The molecule has 0 fully saturated rings. The van der Waals surface area contributed by atoms with Gasteiger partial charge < -0.3 is 15.4 Å². The number of alkyl halides is 3. The number of benzene rings is 1. The third-order valence-corrected chi connectivity index (χ3v) is 3.77. The summed E-state index contributed by atoms with van der Waals surface area (Å²) in [6.07, 6.45) is -4.08. The Kier molecular flexibility index (Phi) is 7.19. The SMILES string of the molecule is CCOC(=O)c1cnn(-c2ccc(C(=O)NCC(=O)NC(C)C)cc2)c1C(F)(F)F. The molecule has 0 atom stereocenters. The fourth-order valence-corrected chi connectivity index (χ4v) is 2.56. The summed E-state index contributed by atoms with van der Waals surface area (Å²) in [5.41, 5.74) is -1.85. The number of carbonyl (C=O) groups excluding carboxylic acids is 3. The van der Waals surface area contributed by atoms with Crippen LogP contribution in [-0.4, -0.2) is 46.8 Å². The Hall–Kier alpha value is -3.37. The second-order valence-corrected chi connectivity index (χ2v) is 6.49. The van der Waals surface area contributed by atoms with E-state index in [1.807, 2.05) is 0 Å². The van der Waals surface area contributed by atoms with Gasteiger partial charge in [0.05, 0.1) is 25.0 Å². The first kappa shape index (κ1) is 22.9. The summed E-state index contributed by atoms with van der Waals surface area (Å²) >= 11 is 0. The molecule has 2 aromatic rings. The number of ether oxygens (including phenoxy) is 1. The van der Waals surface area contributed by atoms with E-state index in [-0.39, 0.29) is 36.4 Å². The lowest BCUT2D eigenvalue weighted by molar-refractivity contribution is -0.143. The molecule has 0 spiro atoms. The minimum Gasteiger partial charge on any atom is -0.462 e. The van der Waals surface area contributed by atoms with E-state index >= 15 is 0 Å². The lowest BCUT2D eigenvalue weighted by Gasteiger charge is -2.13. The summed E-state index contributed by atoms with van der Waals surface area (Å²) in [5.74, 6) is -2.07. The Morgan fingerprint density at radius 1 is 1.17 bits per heavy atom. The molecule has 2 amide bonds. The van der Waals surface area contributed by atoms with Gasteiger partial charge >= 0.3 is 12.1 Å². The molecule has 1 aromatic carbocycles. The molecule has 0 radical (unpaired) electrons. The fraction of sp³-hybridized carbons (Fsp3) is 0.368. The molecule has 0 aliphatic heterocycles. The van der Waals surface area contributed by atoms with Crippen LogP contribution in [0.3, 0.4) is 0 Å². The molecule has 0 unspecified atom stereocenters. The summed E-state index contributed by atoms with van der Waals surface area (Å²) in [7, 11) is 0. The lowest BCUT2D eigenvalue weighted by Crippen LogP contribution is -2.39. The van der Waals surface area contributed by atoms with Crippen LogP contribution in [-0.2, 0) is 15.7 Å². The molecule has 11 heteroatoms. The van der Waals surface area contributed by atoms with Crippen LogP contribution in [0.1, 0.15) is 47.2 Å². The Bertz CT molecular complexity index is 921. The summed E-state index contributed by atoms with van der Waals surface area (Å²) in [6, 6.07) is 5.00. The average molecular weight is 426 g/mol. The number of esters is 1. The van der Waals surface area contributed by atoms with Crippen molar-refractivity contribution in [3.05, 3.63) is 47.3 Å². The quantitative estimate of drug-likeness (QED) is 0.662. The third kappa shape index (κ3) is 5.58. The average Bonchev–Trinajstić information content (AvgIpc) is 3.11. The molecule has 2 N–H and O–H groups in total. The highest BCUT2D eigenvalue weighted by molar-refractivity contribution is 5.96. The standard InChI is InChI=1S/C19H21F3N4O4/c1-4-30-18(29)14-9-24-26(16(14)19(20,21)22)13-7-5-12(6-8-13)17(28)23-10-15(27)25-11(2)3/h5-9,11H,4,10H2,1-3H3,(H,23,28)(H,25,27). The second-order valence-electron chi connectivity index (χ2n) is 6.49. The minimum atomic E-state index is -4.86. The van der Waals surface area contributed by atoms with E-state index in [9.17, 15) is 27.6 Å². The lowest BCUT2D eigenvalue weighted by atomic mass is 10.2. The molecular formula is C19H21F3N4O4. The highest BCUT2D eigenvalue weighted by atomic mass is 19.4. The van der Waals surface area contributed by atoms with Crippen molar-refractivity contribution >= 4 is 17.8 Å². The molecule has 8 nitrogen and oxygen atoms in total. The number of nitrogens with one attached hydrogen (secondary N) is 2. The van der Waals surface area contributed by atoms with Crippen LogP contribution in [0.15, 0.2) is 30.5 Å². The van der Waals surface area contributed by atoms with Gasteiger partial charge in [-0.2, -0.15) is 18.3 Å². The van der Waals surface area contributed by atoms with Crippen LogP contribution < -0.4 is 10.6 Å². The van der Waals surface area contributed by atoms with E-state index in [0.29, 0.717) is 4.68 Å². The van der Waals surface area contributed by atoms with Crippen molar-refractivity contribution in [2.75, 3.05) is 13.2 Å². The zero-order chi connectivity index (χ0) is 22.5. The predicted molar refractivity (Wildman–Crippen MR) is 100 cm³/mol. The first-order valence-corrected chi connectivity index (χ1v) is 9.05. The zero-order valence-electron chi connectivity index (χ0n) is 16.5. The van der Waals surface area contributed by atoms with Crippen LogP contribution in [0.5, 0.6) is 0 Å². The molecule has 30 heavy (non-hydrogen) atoms. The van der Waals surface area contributed by atoms with E-state index in [1.54, 1.807) is 13.8 Å². The monoisotopic (exact) mass is 426 g/mol. The van der Waals surface area contributed by atoms with E-state index in [1.165, 1.54) is 31.2 Å². The van der Waals surface area contributed by atoms with Crippen LogP contribution in [0.2, 0.25) is 0 Å². The van der Waals surface area contributed by atoms with Gasteiger partial charge in [0.25, 0.3) is 5.91 Å². The first-order valence-electron chi connectivity index (χ1n) is 9.05. The maximum atomic E-state index is 13.5. The summed E-state index contributed by atoms with van der Waals surface area (Å²) in [4.78, 5) is 35.5. The van der Waals surface area contributed by atoms with Crippen LogP contribution in [0, 0.1) is 0 Å². The van der Waals surface area contributed by atoms with Gasteiger partial charge in [-0.3, -0.25) is 9.59 Å². The number of hydrogen-bond donors (Lipinski definition) is 2. The maximum absolute atomic E-state index is 13.5. The van der Waals surface area contributed by atoms with Gasteiger partial charge in [0.1, 0.15) is 5.56 Å². The number of carbonyl (C=O) groups is 3. The Labute approximate surface area is 170 Å². The molecule has 0 aliphatic rings. The molecule has 0 bridgehead atoms. The number of amides is 2. The van der Waals surface area contributed by atoms with E-state index in [2.05, 4.69) is 20.5 Å². The van der Waals surface area contributed by atoms with Crippen LogP contribution >= 0.6 is 0 Å². The Morgan fingerprint density at radius 2 is 1.80 bits per heavy atom. The van der Waals surface area contributed by atoms with Crippen LogP contribution in [0.25, 0.3) is 5.69 Å². The van der Waals surface area contributed by atoms with Crippen molar-refractivity contribution in [1.29, 1.82) is 0 Å². The van der Waals surface area contributed by atoms with Gasteiger partial charge in [0, 0.05) is 11.6 Å². The highest BCUT2D eigenvalue weighted by Gasteiger charge is 2.41. The van der Waals surface area contributed by atoms with Gasteiger partial charge in [0.15, 0.2) is 5.69 Å². The fourth-order valence-electron chi connectivity index (χ4n) is 2.56. The molecule has 0 saturated carbocycles. The van der Waals surface area contributed by atoms with E-state index in [4.69, 9.17) is 0 Å². The van der Waals surface area contributed by atoms with Crippen molar-refractivity contribution in [2.45, 2.75) is 33.0 Å². The normalized spacial score (nSPS) is 11.3. The maximum Gasteiger partial charge on any atom is 0.434 e. The van der Waals surface area contributed by atoms with Crippen molar-refractivity contribution in [1.82, 2.24) is 20.4 Å². The van der Waals surface area contributed by atoms with Gasteiger partial charge in [0.2, 0.25) is 5.91 Å². The number of hydrogen-bond acceptors (Lipinski definition) is 5. The molecule has 162 valence electrons. The Balaban J connectivity index is 2.23. The van der Waals surface area contributed by atoms with E-state index in [0.717, 1.165) is 6.20 Å². The van der Waals surface area contributed by atoms with Crippen molar-refractivity contribution in [3.63, 3.8) is 0 Å². The van der Waals surface area contributed by atoms with Crippen molar-refractivity contribution < 1.29 is 32.3 Å². The second kappa shape index (κ2) is 9.42. The van der Waals surface area contributed by atoms with Crippen LogP contribution in [0.4, 0.5) is 13.2 Å². The number of halogens is 3. The van der Waals surface area contributed by atoms with Gasteiger partial charge in [-0.25, -0.2) is 9.48 Å². The molecule has 1 aromatic heterocycles. The van der Waals surface area contributed by atoms with E-state index < -0.39 is 29.3 Å². The largest absolute Gasteiger partial charge is 0.462 e. The summed E-state index contributed by atoms with van der Waals surface area (Å²) in [6.45, 7) is 4.71. The zero-order valence-corrected chi connectivity index (χ0v) is 16.5. The number of rotatable bonds is 7. The molecule has 2 rings (SSSR count). The first-order chi connectivity index (χ1) is 14.0. The number of aromatic nitrogens is 2. The number of nitrogens with zero attached hydrogens (tertiary/aromatic N) is 2. The van der Waals surface area contributed by atoms with Crippen molar-refractivity contribution in [2.24, 2.45) is 0 Å². The third-order valence-electron chi connectivity index (χ3n) is 3.77. The van der Waals surface area contributed by atoms with Crippen molar-refractivity contribution in [3.8, 4) is 5.69 Å². The topological polar surface area (TPSA) is 102 Å². The predicted octanol–water partition coefficient (Wildman–Crippen LogP) is 2.32. The highest BCUT2D eigenvalue weighted by Crippen LogP contribution is 2.34. The summed E-state index contributed by atoms with van der Waals surface area (Å²) in [5, 5.41) is 8.69. The molecule has 1 heterocycles. The van der Waals surface area contributed by atoms with Gasteiger partial charge in [-0.1, -0.05) is 0 Å². The van der Waals surface area contributed by atoms with Gasteiger partial charge in [-0.15, -0.1) is 0 Å². The summed E-state index contributed by atoms with van der Waals surface area (Å²) < 4.78 is 45.8. The minimum absolute atomic E-state index is 0.00743.